The largest absolute Gasteiger partial charge is 0.376 e. The molecular weight excluding hydrogens is 466 g/mol. The molecule has 8 nitrogen and oxygen atoms in total. The lowest BCUT2D eigenvalue weighted by molar-refractivity contribution is 0.0502. The van der Waals surface area contributed by atoms with Crippen LogP contribution in [0.1, 0.15) is 29.0 Å². The van der Waals surface area contributed by atoms with Crippen LogP contribution in [0.5, 0.6) is 0 Å². The Kier molecular flexibility index (Phi) is 6.16. The second-order valence-electron chi connectivity index (χ2n) is 9.16. The minimum Gasteiger partial charge on any atom is -0.376 e. The number of amides is 1. The zero-order valence-electron chi connectivity index (χ0n) is 20.1. The molecule has 37 heavy (non-hydrogen) atoms. The van der Waals surface area contributed by atoms with Crippen molar-refractivity contribution in [1.82, 2.24) is 24.8 Å². The Hall–Kier alpha value is -4.43. The molecular formula is C29H25N5O3. The number of nitrogens with one attached hydrogen (secondary N) is 1. The van der Waals surface area contributed by atoms with Gasteiger partial charge >= 0.3 is 0 Å². The van der Waals surface area contributed by atoms with E-state index in [0.29, 0.717) is 41.1 Å². The number of H-pyrrole nitrogens is 1. The zero-order valence-corrected chi connectivity index (χ0v) is 20.1. The Morgan fingerprint density at radius 2 is 1.70 bits per heavy atom. The highest BCUT2D eigenvalue weighted by atomic mass is 16.5. The molecule has 1 N–H and O–H groups in total. The van der Waals surface area contributed by atoms with Gasteiger partial charge in [-0.15, -0.1) is 0 Å². The van der Waals surface area contributed by atoms with Crippen LogP contribution in [0.2, 0.25) is 0 Å². The van der Waals surface area contributed by atoms with Crippen LogP contribution in [0, 0.1) is 0 Å². The van der Waals surface area contributed by atoms with E-state index >= 15 is 0 Å². The number of hydrogen-bond donors (Lipinski definition) is 1. The predicted octanol–water partition coefficient (Wildman–Crippen LogP) is 4.35. The summed E-state index contributed by atoms with van der Waals surface area (Å²) >= 11 is 0. The van der Waals surface area contributed by atoms with Crippen molar-refractivity contribution in [3.63, 3.8) is 0 Å². The van der Waals surface area contributed by atoms with Crippen molar-refractivity contribution in [2.24, 2.45) is 0 Å². The van der Waals surface area contributed by atoms with Crippen LogP contribution in [0.15, 0.2) is 83.9 Å². The molecule has 0 bridgehead atoms. The molecule has 8 heteroatoms. The van der Waals surface area contributed by atoms with Gasteiger partial charge in [-0.1, -0.05) is 30.3 Å². The molecule has 1 saturated heterocycles. The third-order valence-corrected chi connectivity index (χ3v) is 6.66. The first kappa shape index (κ1) is 23.0. The molecule has 1 amide bonds. The fourth-order valence-electron chi connectivity index (χ4n) is 4.84. The Bertz CT molecular complexity index is 1640. The molecule has 3 aromatic heterocycles. The van der Waals surface area contributed by atoms with Gasteiger partial charge in [-0.2, -0.15) is 0 Å². The fraction of sp³-hybridized carbons (Fsp3) is 0.207. The Morgan fingerprint density at radius 3 is 2.46 bits per heavy atom. The minimum absolute atomic E-state index is 0.0658. The predicted molar refractivity (Wildman–Crippen MR) is 141 cm³/mol. The van der Waals surface area contributed by atoms with Crippen molar-refractivity contribution in [3.8, 4) is 11.3 Å². The molecule has 4 heterocycles. The van der Waals surface area contributed by atoms with E-state index in [1.807, 2.05) is 48.5 Å². The third-order valence-electron chi connectivity index (χ3n) is 6.66. The van der Waals surface area contributed by atoms with Gasteiger partial charge in [-0.3, -0.25) is 14.6 Å². The van der Waals surface area contributed by atoms with Crippen molar-refractivity contribution >= 4 is 27.7 Å². The van der Waals surface area contributed by atoms with E-state index in [1.54, 1.807) is 35.5 Å². The van der Waals surface area contributed by atoms with Gasteiger partial charge in [0, 0.05) is 36.5 Å². The van der Waals surface area contributed by atoms with Crippen molar-refractivity contribution in [1.29, 1.82) is 0 Å². The monoisotopic (exact) mass is 491 g/mol. The normalized spacial score (nSPS) is 15.3. The van der Waals surface area contributed by atoms with Crippen LogP contribution in [-0.4, -0.2) is 50.0 Å². The number of aromatic nitrogens is 4. The number of ether oxygens (including phenoxy) is 1. The lowest BCUT2D eigenvalue weighted by atomic mass is 10.0. The summed E-state index contributed by atoms with van der Waals surface area (Å²) < 4.78 is 5.88. The summed E-state index contributed by atoms with van der Waals surface area (Å²) in [5.41, 5.74) is 3.22. The average molecular weight is 492 g/mol. The first-order valence-corrected chi connectivity index (χ1v) is 12.3. The average Bonchev–Trinajstić information content (AvgIpc) is 3.45. The molecule has 0 aliphatic carbocycles. The maximum Gasteiger partial charge on any atom is 0.258 e. The molecule has 0 unspecified atom stereocenters. The van der Waals surface area contributed by atoms with E-state index in [0.717, 1.165) is 29.3 Å². The number of pyridine rings is 2. The van der Waals surface area contributed by atoms with E-state index < -0.39 is 0 Å². The van der Waals surface area contributed by atoms with Gasteiger partial charge in [0.15, 0.2) is 0 Å². The van der Waals surface area contributed by atoms with Gasteiger partial charge in [0.25, 0.3) is 11.5 Å². The second-order valence-corrected chi connectivity index (χ2v) is 9.16. The van der Waals surface area contributed by atoms with Crippen LogP contribution < -0.4 is 5.56 Å². The summed E-state index contributed by atoms with van der Waals surface area (Å²) in [7, 11) is 0. The quantitative estimate of drug-likeness (QED) is 0.379. The summed E-state index contributed by atoms with van der Waals surface area (Å²) in [6, 6.07) is 20.4. The Balaban J connectivity index is 1.43. The van der Waals surface area contributed by atoms with Crippen molar-refractivity contribution in [2.45, 2.75) is 25.5 Å². The second kappa shape index (κ2) is 9.91. The van der Waals surface area contributed by atoms with Gasteiger partial charge < -0.3 is 14.6 Å². The molecule has 1 aliphatic heterocycles. The molecule has 0 spiro atoms. The van der Waals surface area contributed by atoms with Crippen LogP contribution in [-0.2, 0) is 11.3 Å². The minimum atomic E-state index is -0.223. The summed E-state index contributed by atoms with van der Waals surface area (Å²) in [5, 5.41) is 1.29. The third kappa shape index (κ3) is 4.71. The number of carbonyl (C=O) groups is 1. The highest BCUT2D eigenvalue weighted by Crippen LogP contribution is 2.27. The summed E-state index contributed by atoms with van der Waals surface area (Å²) in [5.74, 6) is 0.267. The van der Waals surface area contributed by atoms with Crippen molar-refractivity contribution < 1.29 is 9.53 Å². The first-order valence-electron chi connectivity index (χ1n) is 12.3. The molecule has 2 aromatic carbocycles. The van der Waals surface area contributed by atoms with Crippen molar-refractivity contribution in [2.75, 3.05) is 13.2 Å². The molecule has 6 rings (SSSR count). The molecule has 0 radical (unpaired) electrons. The maximum absolute atomic E-state index is 14.2. The fourth-order valence-corrected chi connectivity index (χ4v) is 4.84. The van der Waals surface area contributed by atoms with E-state index in [1.165, 1.54) is 0 Å². The van der Waals surface area contributed by atoms with Gasteiger partial charge in [0.2, 0.25) is 0 Å². The molecule has 184 valence electrons. The molecule has 1 aliphatic rings. The highest BCUT2D eigenvalue weighted by Gasteiger charge is 2.26. The standard InChI is InChI=1S/C29H25N5O3/c35-28-22-8-2-4-10-25(22)32-27(33-28)18-34(17-20-6-5-15-37-20)29(36)23-16-26(19-11-13-30-14-12-19)31-24-9-3-1-7-21(23)24/h1-4,7-14,16,20H,5-6,15,17-18H2,(H,32,33,35)/t20-/m0/s1. The van der Waals surface area contributed by atoms with Crippen LogP contribution >= 0.6 is 0 Å². The van der Waals surface area contributed by atoms with Crippen LogP contribution in [0.25, 0.3) is 33.1 Å². The zero-order chi connectivity index (χ0) is 25.2. The Labute approximate surface area is 213 Å². The maximum atomic E-state index is 14.2. The van der Waals surface area contributed by atoms with Gasteiger partial charge in [0.1, 0.15) is 5.82 Å². The number of hydrogen-bond acceptors (Lipinski definition) is 6. The number of benzene rings is 2. The van der Waals surface area contributed by atoms with E-state index in [9.17, 15) is 9.59 Å². The van der Waals surface area contributed by atoms with Crippen LogP contribution in [0.4, 0.5) is 0 Å². The summed E-state index contributed by atoms with van der Waals surface area (Å²) in [6.07, 6.45) is 5.19. The number of nitrogens with zero attached hydrogens (tertiary/aromatic N) is 4. The van der Waals surface area contributed by atoms with Gasteiger partial charge in [-0.05, 0) is 49.2 Å². The number of fused-ring (bicyclic) bond motifs is 2. The topological polar surface area (TPSA) is 101 Å². The SMILES string of the molecule is O=C(c1cc(-c2ccncc2)nc2ccccc12)N(Cc1nc2ccccc2c(=O)[nH]1)C[C@@H]1CCCO1. The number of rotatable bonds is 6. The molecule has 5 aromatic rings. The number of aromatic amines is 1. The molecule has 1 fully saturated rings. The summed E-state index contributed by atoms with van der Waals surface area (Å²) in [4.78, 5) is 45.0. The lowest BCUT2D eigenvalue weighted by Crippen LogP contribution is -2.38. The van der Waals surface area contributed by atoms with Crippen molar-refractivity contribution in [3.05, 3.63) is 101 Å². The highest BCUT2D eigenvalue weighted by molar-refractivity contribution is 6.07. The van der Waals surface area contributed by atoms with E-state index in [-0.39, 0.29) is 24.1 Å². The number of para-hydroxylation sites is 2. The lowest BCUT2D eigenvalue weighted by Gasteiger charge is -2.26. The first-order chi connectivity index (χ1) is 18.2. The Morgan fingerprint density at radius 1 is 0.973 bits per heavy atom. The number of carbonyl (C=O) groups excluding carboxylic acids is 1. The molecule has 0 saturated carbocycles. The molecule has 1 atom stereocenters. The van der Waals surface area contributed by atoms with E-state index in [4.69, 9.17) is 9.72 Å². The summed E-state index contributed by atoms with van der Waals surface area (Å²) in [6.45, 7) is 1.23. The van der Waals surface area contributed by atoms with Gasteiger partial charge in [-0.25, -0.2) is 9.97 Å². The van der Waals surface area contributed by atoms with E-state index in [2.05, 4.69) is 15.0 Å². The van der Waals surface area contributed by atoms with Crippen LogP contribution in [0.3, 0.4) is 0 Å². The smallest absolute Gasteiger partial charge is 0.258 e. The van der Waals surface area contributed by atoms with Gasteiger partial charge in [0.05, 0.1) is 40.3 Å².